The number of nitrogens with two attached hydrogens (primary N) is 1. The summed E-state index contributed by atoms with van der Waals surface area (Å²) in [6, 6.07) is 0. The third kappa shape index (κ3) is 5.46. The van der Waals surface area contributed by atoms with Crippen molar-refractivity contribution in [1.82, 2.24) is 0 Å². The van der Waals surface area contributed by atoms with Crippen molar-refractivity contribution in [3.63, 3.8) is 0 Å². The Bertz CT molecular complexity index is 318. The molecule has 0 amide bonds. The predicted octanol–water partition coefficient (Wildman–Crippen LogP) is 2.88. The molecule has 0 rings (SSSR count). The van der Waals surface area contributed by atoms with Crippen LogP contribution in [0.2, 0.25) is 0 Å². The van der Waals surface area contributed by atoms with Gasteiger partial charge in [0.1, 0.15) is 0 Å². The fourth-order valence-electron chi connectivity index (χ4n) is 1.32. The first-order chi connectivity index (χ1) is 7.19. The average Bonchev–Trinajstić information content (AvgIpc) is 2.16. The molecule has 0 aromatic rings. The first kappa shape index (κ1) is 15.4. The van der Waals surface area contributed by atoms with Gasteiger partial charge in [-0.25, -0.2) is 0 Å². The second-order valence-corrected chi connectivity index (χ2v) is 5.30. The average molecular weight is 219 g/mol. The van der Waals surface area contributed by atoms with Crippen LogP contribution in [0.1, 0.15) is 54.4 Å². The summed E-state index contributed by atoms with van der Waals surface area (Å²) in [6.45, 7) is 12.7. The zero-order valence-corrected chi connectivity index (χ0v) is 11.8. The van der Waals surface area contributed by atoms with Gasteiger partial charge >= 0.3 is 101 Å². The summed E-state index contributed by atoms with van der Waals surface area (Å²) in [6.07, 6.45) is 4.03. The molecule has 0 aliphatic rings. The minimum absolute atomic E-state index is 0.134. The van der Waals surface area contributed by atoms with Gasteiger partial charge in [0.25, 0.3) is 0 Å². The Morgan fingerprint density at radius 3 is 2.12 bits per heavy atom. The monoisotopic (exact) mass is 219 g/mol. The fraction of sp³-hybridized carbons (Fsp3) is 0.643. The Labute approximate surface area is 102 Å². The molecule has 0 radical (unpaired) electrons. The van der Waals surface area contributed by atoms with E-state index in [4.69, 9.17) is 5.73 Å². The third-order valence-corrected chi connectivity index (χ3v) is 3.20. The molecule has 1 atom stereocenters. The van der Waals surface area contributed by atoms with E-state index in [0.29, 0.717) is 0 Å². The van der Waals surface area contributed by atoms with Crippen LogP contribution in [0.3, 0.4) is 0 Å². The first-order valence-corrected chi connectivity index (χ1v) is 5.99. The van der Waals surface area contributed by atoms with Gasteiger partial charge in [-0.15, -0.1) is 0 Å². The molecule has 2 heteroatoms. The number of hydrogen-bond donors (Lipinski definition) is 1. The molecule has 0 bridgehead atoms. The summed E-state index contributed by atoms with van der Waals surface area (Å²) >= 11 is 0. The van der Waals surface area contributed by atoms with Crippen molar-refractivity contribution in [2.75, 3.05) is 0 Å². The topological polar surface area (TPSA) is 26.0 Å². The Balaban J connectivity index is 4.71. The van der Waals surface area contributed by atoms with Crippen molar-refractivity contribution >= 4 is 13.0 Å². The van der Waals surface area contributed by atoms with Gasteiger partial charge in [-0.05, 0) is 0 Å². The van der Waals surface area contributed by atoms with Crippen LogP contribution < -0.4 is 5.73 Å². The van der Waals surface area contributed by atoms with E-state index in [2.05, 4.69) is 55.1 Å². The summed E-state index contributed by atoms with van der Waals surface area (Å²) in [5.41, 5.74) is 11.1. The Kier molecular flexibility index (Phi) is 5.95. The molecule has 0 aromatic heterocycles. The van der Waals surface area contributed by atoms with Crippen molar-refractivity contribution in [3.05, 3.63) is 22.8 Å². The molecule has 0 saturated carbocycles. The van der Waals surface area contributed by atoms with E-state index < -0.39 is 0 Å². The molecule has 0 heterocycles. The van der Waals surface area contributed by atoms with Gasteiger partial charge in [0, 0.05) is 0 Å². The van der Waals surface area contributed by atoms with Crippen molar-refractivity contribution in [2.45, 2.75) is 59.9 Å². The van der Waals surface area contributed by atoms with Gasteiger partial charge in [0.15, 0.2) is 0 Å². The van der Waals surface area contributed by atoms with Crippen LogP contribution in [0.4, 0.5) is 0 Å². The van der Waals surface area contributed by atoms with Crippen LogP contribution >= 0.6 is 0 Å². The normalized spacial score (nSPS) is 15.5. The number of hydrogen-bond acceptors (Lipinski definition) is 1. The third-order valence-electron chi connectivity index (χ3n) is 3.20. The quantitative estimate of drug-likeness (QED) is 0.558. The van der Waals surface area contributed by atoms with Crippen molar-refractivity contribution < 1.29 is 0 Å². The Morgan fingerprint density at radius 2 is 1.75 bits per heavy atom. The van der Waals surface area contributed by atoms with Crippen molar-refractivity contribution in [2.24, 2.45) is 5.73 Å². The van der Waals surface area contributed by atoms with Crippen LogP contribution in [0, 0.1) is 0 Å². The Hall–Kier alpha value is -0.625. The van der Waals surface area contributed by atoms with E-state index in [-0.39, 0.29) is 5.54 Å². The van der Waals surface area contributed by atoms with Gasteiger partial charge in [0.05, 0.1) is 0 Å². The van der Waals surface area contributed by atoms with Gasteiger partial charge in [0.2, 0.25) is 0 Å². The molecule has 2 N–H and O–H groups in total. The molecule has 0 saturated heterocycles. The van der Waals surface area contributed by atoms with Crippen LogP contribution in [-0.4, -0.2) is 18.5 Å². The molecule has 1 unspecified atom stereocenters. The van der Waals surface area contributed by atoms with E-state index in [1.165, 1.54) is 16.7 Å². The van der Waals surface area contributed by atoms with E-state index in [9.17, 15) is 0 Å². The minimum atomic E-state index is -0.134. The second-order valence-electron chi connectivity index (χ2n) is 5.30. The predicted molar refractivity (Wildman–Crippen MR) is 77.5 cm³/mol. The molecule has 0 spiro atoms. The molecule has 0 aromatic carbocycles. The summed E-state index contributed by atoms with van der Waals surface area (Å²) < 4.78 is 0. The van der Waals surface area contributed by atoms with Crippen molar-refractivity contribution in [1.29, 1.82) is 0 Å². The maximum absolute atomic E-state index is 6.15. The molecule has 1 nitrogen and oxygen atoms in total. The second kappa shape index (κ2) is 6.19. The number of allylic oxidation sites excluding steroid dienone is 4. The van der Waals surface area contributed by atoms with E-state index in [1.807, 2.05) is 0 Å². The fourth-order valence-corrected chi connectivity index (χ4v) is 1.32. The first-order valence-electron chi connectivity index (χ1n) is 5.99. The maximum atomic E-state index is 6.15. The number of rotatable bonds is 5. The van der Waals surface area contributed by atoms with E-state index in [1.54, 1.807) is 0 Å². The summed E-state index contributed by atoms with van der Waals surface area (Å²) in [5.74, 6) is 0. The summed E-state index contributed by atoms with van der Waals surface area (Å²) in [7, 11) is 4.13. The van der Waals surface area contributed by atoms with Gasteiger partial charge in [-0.1, -0.05) is 0 Å². The van der Waals surface area contributed by atoms with Gasteiger partial charge in [-0.2, -0.15) is 0 Å². The zero-order valence-electron chi connectivity index (χ0n) is 11.8. The van der Waals surface area contributed by atoms with Crippen LogP contribution in [0.5, 0.6) is 0 Å². The van der Waals surface area contributed by atoms with E-state index >= 15 is 0 Å². The van der Waals surface area contributed by atoms with Gasteiger partial charge < -0.3 is 0 Å². The van der Waals surface area contributed by atoms with Crippen LogP contribution in [0.25, 0.3) is 0 Å². The summed E-state index contributed by atoms with van der Waals surface area (Å²) in [4.78, 5) is 0. The molecular formula is C14H26BN. The molecule has 16 heavy (non-hydrogen) atoms. The molecule has 0 aliphatic carbocycles. The van der Waals surface area contributed by atoms with E-state index in [0.717, 1.165) is 18.3 Å². The Morgan fingerprint density at radius 1 is 1.25 bits per heavy atom. The van der Waals surface area contributed by atoms with Crippen LogP contribution in [0.15, 0.2) is 22.8 Å². The molecule has 90 valence electrons. The van der Waals surface area contributed by atoms with Crippen LogP contribution in [-0.2, 0) is 0 Å². The zero-order chi connectivity index (χ0) is 12.9. The van der Waals surface area contributed by atoms with Crippen molar-refractivity contribution in [3.8, 4) is 0 Å². The standard InChI is InChI=1S/C14H26BN/c1-7-14(6,16)9-13(15)12(5)8-11(4)10(2)3/h8,15H,7,9,16H2,1-6H3/b12-8+. The molecular weight excluding hydrogens is 193 g/mol. The molecule has 0 aliphatic heterocycles. The van der Waals surface area contributed by atoms with Gasteiger partial charge in [-0.3, -0.25) is 0 Å². The SMILES string of the molecule is B=C(CC(C)(N)CC)/C(C)=C/C(C)=C(C)C. The molecule has 0 fully saturated rings. The summed E-state index contributed by atoms with van der Waals surface area (Å²) in [5, 5.41) is 0.